The highest BCUT2D eigenvalue weighted by atomic mass is 16.2. The van der Waals surface area contributed by atoms with Gasteiger partial charge in [-0.05, 0) is 29.2 Å². The van der Waals surface area contributed by atoms with Gasteiger partial charge in [0.25, 0.3) is 0 Å². The number of H-pyrrole nitrogens is 1. The number of aromatic amines is 1. The number of anilines is 1. The minimum absolute atomic E-state index is 0.0404. The molecular weight excluding hydrogens is 350 g/mol. The molecule has 0 unspecified atom stereocenters. The molecule has 2 aromatic rings. The molecule has 27 heavy (non-hydrogen) atoms. The smallest absolute Gasteiger partial charge is 0.244 e. The summed E-state index contributed by atoms with van der Waals surface area (Å²) < 4.78 is 1.30. The van der Waals surface area contributed by atoms with E-state index in [1.807, 2.05) is 9.80 Å². The predicted molar refractivity (Wildman–Crippen MR) is 93.9 cm³/mol. The predicted octanol–water partition coefficient (Wildman–Crippen LogP) is -0.939. The summed E-state index contributed by atoms with van der Waals surface area (Å²) in [5.74, 6) is 0.588. The van der Waals surface area contributed by atoms with Crippen LogP contribution in [-0.2, 0) is 22.6 Å². The molecule has 2 atom stereocenters. The molecule has 11 nitrogen and oxygen atoms in total. The van der Waals surface area contributed by atoms with Gasteiger partial charge < -0.3 is 20.5 Å². The maximum Gasteiger partial charge on any atom is 0.244 e. The molecular formula is C16H23N9O2. The molecule has 2 aromatic heterocycles. The first kappa shape index (κ1) is 17.4. The fraction of sp³-hybridized carbons (Fsp3) is 0.625. The van der Waals surface area contributed by atoms with E-state index < -0.39 is 0 Å². The number of amides is 2. The number of piperidine rings is 2. The van der Waals surface area contributed by atoms with Gasteiger partial charge in [0.1, 0.15) is 6.54 Å². The molecule has 0 bridgehead atoms. The first-order valence-electron chi connectivity index (χ1n) is 9.18. The quantitative estimate of drug-likeness (QED) is 0.689. The van der Waals surface area contributed by atoms with Crippen LogP contribution in [0.25, 0.3) is 0 Å². The highest BCUT2D eigenvalue weighted by molar-refractivity contribution is 5.78. The van der Waals surface area contributed by atoms with Crippen molar-refractivity contribution in [2.45, 2.75) is 38.3 Å². The van der Waals surface area contributed by atoms with Gasteiger partial charge in [-0.3, -0.25) is 9.59 Å². The number of likely N-dealkylation sites (tertiary alicyclic amines) is 2. The Hall–Kier alpha value is -2.98. The minimum Gasteiger partial charge on any atom is -0.367 e. The van der Waals surface area contributed by atoms with E-state index in [1.54, 1.807) is 12.5 Å². The van der Waals surface area contributed by atoms with Crippen LogP contribution in [0.5, 0.6) is 0 Å². The van der Waals surface area contributed by atoms with Crippen molar-refractivity contribution in [2.75, 3.05) is 25.4 Å². The van der Waals surface area contributed by atoms with Crippen molar-refractivity contribution in [3.05, 3.63) is 18.2 Å². The van der Waals surface area contributed by atoms with Gasteiger partial charge in [-0.25, -0.2) is 9.67 Å². The molecule has 2 saturated heterocycles. The number of hydrogen-bond donors (Lipinski definition) is 2. The summed E-state index contributed by atoms with van der Waals surface area (Å²) in [6, 6.07) is 0.191. The number of rotatable bonds is 5. The molecule has 3 N–H and O–H groups in total. The maximum absolute atomic E-state index is 12.6. The Kier molecular flexibility index (Phi) is 4.73. The summed E-state index contributed by atoms with van der Waals surface area (Å²) >= 11 is 0. The fourth-order valence-corrected chi connectivity index (χ4v) is 4.08. The second kappa shape index (κ2) is 7.33. The molecule has 0 saturated carbocycles. The average Bonchev–Trinajstić information content (AvgIpc) is 3.33. The lowest BCUT2D eigenvalue weighted by atomic mass is 9.83. The first-order valence-corrected chi connectivity index (χ1v) is 9.18. The topological polar surface area (TPSA) is 139 Å². The van der Waals surface area contributed by atoms with Crippen molar-refractivity contribution in [3.8, 4) is 0 Å². The van der Waals surface area contributed by atoms with Crippen LogP contribution in [0, 0.1) is 5.92 Å². The number of nitrogens with one attached hydrogen (secondary N) is 1. The summed E-state index contributed by atoms with van der Waals surface area (Å²) in [6.07, 6.45) is 6.34. The van der Waals surface area contributed by atoms with Crippen LogP contribution in [0.2, 0.25) is 0 Å². The number of hydrogen-bond acceptors (Lipinski definition) is 7. The lowest BCUT2D eigenvalue weighted by Gasteiger charge is -2.47. The lowest BCUT2D eigenvalue weighted by molar-refractivity contribution is -0.144. The Morgan fingerprint density at radius 3 is 3.00 bits per heavy atom. The van der Waals surface area contributed by atoms with E-state index in [0.717, 1.165) is 25.0 Å². The number of carbonyl (C=O) groups excluding carboxylic acids is 2. The second-order valence-electron chi connectivity index (χ2n) is 7.10. The van der Waals surface area contributed by atoms with Crippen LogP contribution in [0.4, 0.5) is 5.95 Å². The maximum atomic E-state index is 12.6. The molecule has 0 aromatic carbocycles. The van der Waals surface area contributed by atoms with Crippen LogP contribution in [-0.4, -0.2) is 77.5 Å². The SMILES string of the molecule is Nc1nnnn1CC(=O)N1CC[C@@H]2[C@@H](CCC(=O)N2CCc2cnc[nH]2)C1. The molecule has 2 amide bonds. The van der Waals surface area contributed by atoms with Crippen molar-refractivity contribution in [2.24, 2.45) is 5.92 Å². The van der Waals surface area contributed by atoms with E-state index in [-0.39, 0.29) is 30.3 Å². The second-order valence-corrected chi connectivity index (χ2v) is 7.10. The largest absolute Gasteiger partial charge is 0.367 e. The standard InChI is InChI=1S/C16H23N9O2/c17-16-20-21-22-25(16)9-15(27)23-5-4-13-11(8-23)1-2-14(26)24(13)6-3-12-7-18-10-19-12/h7,10-11,13H,1-6,8-9H2,(H,18,19)(H2,17,20,22)/t11-,13+/m0/s1. The van der Waals surface area contributed by atoms with Gasteiger partial charge in [0.15, 0.2) is 0 Å². The molecule has 2 aliphatic heterocycles. The highest BCUT2D eigenvalue weighted by Crippen LogP contribution is 2.31. The fourth-order valence-electron chi connectivity index (χ4n) is 4.08. The van der Waals surface area contributed by atoms with Crippen LogP contribution in [0.15, 0.2) is 12.5 Å². The molecule has 2 fully saturated rings. The number of nitrogens with two attached hydrogens (primary N) is 1. The molecule has 4 rings (SSSR count). The Morgan fingerprint density at radius 2 is 2.26 bits per heavy atom. The third kappa shape index (κ3) is 3.62. The van der Waals surface area contributed by atoms with E-state index in [1.165, 1.54) is 4.68 Å². The third-order valence-corrected chi connectivity index (χ3v) is 5.52. The summed E-state index contributed by atoms with van der Waals surface area (Å²) in [7, 11) is 0. The Bertz CT molecular complexity index is 803. The Labute approximate surface area is 155 Å². The van der Waals surface area contributed by atoms with Crippen molar-refractivity contribution < 1.29 is 9.59 Å². The zero-order valence-corrected chi connectivity index (χ0v) is 15.0. The number of nitrogen functional groups attached to an aromatic ring is 1. The number of imidazole rings is 1. The number of nitrogens with zero attached hydrogens (tertiary/aromatic N) is 7. The van der Waals surface area contributed by atoms with E-state index in [4.69, 9.17) is 5.73 Å². The number of tetrazole rings is 1. The first-order chi connectivity index (χ1) is 13.1. The van der Waals surface area contributed by atoms with Crippen LogP contribution < -0.4 is 5.73 Å². The zero-order chi connectivity index (χ0) is 18.8. The van der Waals surface area contributed by atoms with Crippen LogP contribution in [0.3, 0.4) is 0 Å². The van der Waals surface area contributed by atoms with Crippen molar-refractivity contribution in [1.29, 1.82) is 0 Å². The molecule has 0 spiro atoms. The van der Waals surface area contributed by atoms with Crippen molar-refractivity contribution in [1.82, 2.24) is 40.0 Å². The van der Waals surface area contributed by atoms with Gasteiger partial charge in [0, 0.05) is 50.4 Å². The summed E-state index contributed by atoms with van der Waals surface area (Å²) in [4.78, 5) is 36.0. The van der Waals surface area contributed by atoms with E-state index in [2.05, 4.69) is 25.5 Å². The Balaban J connectivity index is 1.37. The van der Waals surface area contributed by atoms with Gasteiger partial charge in [-0.1, -0.05) is 5.10 Å². The van der Waals surface area contributed by atoms with Gasteiger partial charge in [-0.2, -0.15) is 0 Å². The molecule has 2 aliphatic rings. The van der Waals surface area contributed by atoms with Gasteiger partial charge in [0.05, 0.1) is 6.33 Å². The molecule has 11 heteroatoms. The Morgan fingerprint density at radius 1 is 1.37 bits per heavy atom. The number of fused-ring (bicyclic) bond motifs is 1. The molecule has 0 aliphatic carbocycles. The van der Waals surface area contributed by atoms with Crippen LogP contribution >= 0.6 is 0 Å². The van der Waals surface area contributed by atoms with Gasteiger partial charge >= 0.3 is 0 Å². The summed E-state index contributed by atoms with van der Waals surface area (Å²) in [5.41, 5.74) is 6.66. The molecule has 4 heterocycles. The average molecular weight is 373 g/mol. The van der Waals surface area contributed by atoms with Crippen molar-refractivity contribution >= 4 is 17.8 Å². The normalized spacial score (nSPS) is 22.7. The third-order valence-electron chi connectivity index (χ3n) is 5.52. The molecule has 0 radical (unpaired) electrons. The van der Waals surface area contributed by atoms with E-state index in [9.17, 15) is 9.59 Å². The minimum atomic E-state index is -0.0478. The summed E-state index contributed by atoms with van der Waals surface area (Å²) in [5, 5.41) is 10.8. The van der Waals surface area contributed by atoms with E-state index >= 15 is 0 Å². The summed E-state index contributed by atoms with van der Waals surface area (Å²) in [6.45, 7) is 1.99. The zero-order valence-electron chi connectivity index (χ0n) is 15.0. The van der Waals surface area contributed by atoms with Gasteiger partial charge in [0.2, 0.25) is 17.8 Å². The van der Waals surface area contributed by atoms with Crippen molar-refractivity contribution in [3.63, 3.8) is 0 Å². The number of aromatic nitrogens is 6. The van der Waals surface area contributed by atoms with Gasteiger partial charge in [-0.15, -0.1) is 0 Å². The highest BCUT2D eigenvalue weighted by Gasteiger charge is 2.40. The monoisotopic (exact) mass is 373 g/mol. The van der Waals surface area contributed by atoms with Crippen LogP contribution in [0.1, 0.15) is 25.0 Å². The lowest BCUT2D eigenvalue weighted by Crippen LogP contribution is -2.57. The molecule has 144 valence electrons. The van der Waals surface area contributed by atoms with E-state index in [0.29, 0.717) is 32.0 Å². The number of carbonyl (C=O) groups is 2.